The van der Waals surface area contributed by atoms with Crippen LogP contribution in [0.15, 0.2) is 46.2 Å². The summed E-state index contributed by atoms with van der Waals surface area (Å²) >= 11 is 0. The Balaban J connectivity index is 1.74. The number of rotatable bonds is 4. The van der Waals surface area contributed by atoms with Crippen molar-refractivity contribution in [3.63, 3.8) is 0 Å². The summed E-state index contributed by atoms with van der Waals surface area (Å²) in [6.45, 7) is 5.89. The number of nitrogens with one attached hydrogen (secondary N) is 2. The second-order valence-corrected chi connectivity index (χ2v) is 11.8. The molecule has 2 N–H and O–H groups in total. The van der Waals surface area contributed by atoms with Crippen LogP contribution in [0, 0.1) is 17.2 Å². The maximum absolute atomic E-state index is 12.7. The molecule has 0 radical (unpaired) electrons. The third-order valence-corrected chi connectivity index (χ3v) is 8.41. The Hall–Kier alpha value is -3.16. The average molecular weight is 470 g/mol. The fraction of sp³-hybridized carbons (Fsp3) is 0.435. The molecular weight excluding hydrogens is 442 g/mol. The third-order valence-electron chi connectivity index (χ3n) is 5.90. The van der Waals surface area contributed by atoms with E-state index in [4.69, 9.17) is 4.74 Å². The standard InChI is InChI=1S/C23H27N5O4S/c1-23(2,3)33(30,31)17-8-6-16(7-9-17)26-21-20-18(10-11-25-22(20)29)28(27-21)19-14-32-12-4-5-15(19)13-24/h6-11,15,19H,4-5,12,14H2,1-3H3,(H,25,29)(H,26,27)/t15?,19-/m1/s1. The molecule has 1 aliphatic heterocycles. The van der Waals surface area contributed by atoms with E-state index >= 15 is 0 Å². The van der Waals surface area contributed by atoms with Gasteiger partial charge in [-0.1, -0.05) is 0 Å². The summed E-state index contributed by atoms with van der Waals surface area (Å²) in [5, 5.41) is 17.8. The molecule has 1 fully saturated rings. The van der Waals surface area contributed by atoms with Crippen LogP contribution in [0.3, 0.4) is 0 Å². The first kappa shape index (κ1) is 23.0. The number of hydrogen-bond acceptors (Lipinski definition) is 7. The van der Waals surface area contributed by atoms with Gasteiger partial charge in [0.05, 0.1) is 39.8 Å². The Morgan fingerprint density at radius 1 is 1.24 bits per heavy atom. The monoisotopic (exact) mass is 469 g/mol. The minimum atomic E-state index is -3.48. The summed E-state index contributed by atoms with van der Waals surface area (Å²) < 4.78 is 31.9. The van der Waals surface area contributed by atoms with E-state index in [-0.39, 0.29) is 22.4 Å². The molecule has 1 saturated heterocycles. The molecule has 2 atom stereocenters. The molecule has 0 spiro atoms. The van der Waals surface area contributed by atoms with Gasteiger partial charge in [-0.15, -0.1) is 0 Å². The minimum absolute atomic E-state index is 0.223. The molecule has 0 bridgehead atoms. The van der Waals surface area contributed by atoms with Crippen molar-refractivity contribution >= 4 is 32.2 Å². The highest BCUT2D eigenvalue weighted by molar-refractivity contribution is 7.92. The Kier molecular flexibility index (Phi) is 6.03. The summed E-state index contributed by atoms with van der Waals surface area (Å²) in [5.74, 6) is 0.0452. The van der Waals surface area contributed by atoms with Gasteiger partial charge in [-0.05, 0) is 63.9 Å². The highest BCUT2D eigenvalue weighted by Gasteiger charge is 2.31. The second-order valence-electron chi connectivity index (χ2n) is 9.15. The predicted octanol–water partition coefficient (Wildman–Crippen LogP) is 3.53. The van der Waals surface area contributed by atoms with Crippen LogP contribution in [0.2, 0.25) is 0 Å². The molecule has 10 heteroatoms. The fourth-order valence-corrected chi connectivity index (χ4v) is 5.16. The molecule has 3 aromatic rings. The maximum Gasteiger partial charge on any atom is 0.261 e. The number of H-pyrrole nitrogens is 1. The van der Waals surface area contributed by atoms with E-state index in [0.29, 0.717) is 42.0 Å². The zero-order valence-corrected chi connectivity index (χ0v) is 19.6. The first-order chi connectivity index (χ1) is 15.6. The summed E-state index contributed by atoms with van der Waals surface area (Å²) in [5.41, 5.74) is 0.881. The first-order valence-electron chi connectivity index (χ1n) is 10.8. The number of aromatic nitrogens is 3. The second kappa shape index (κ2) is 8.65. The number of sulfone groups is 1. The molecule has 0 aliphatic carbocycles. The largest absolute Gasteiger partial charge is 0.379 e. The van der Waals surface area contributed by atoms with E-state index in [9.17, 15) is 18.5 Å². The summed E-state index contributed by atoms with van der Waals surface area (Å²) in [4.78, 5) is 15.6. The predicted molar refractivity (Wildman–Crippen MR) is 125 cm³/mol. The Morgan fingerprint density at radius 3 is 2.64 bits per heavy atom. The molecule has 2 aromatic heterocycles. The molecular formula is C23H27N5O4S. The first-order valence-corrected chi connectivity index (χ1v) is 12.3. The summed E-state index contributed by atoms with van der Waals surface area (Å²) in [6, 6.07) is 10.2. The van der Waals surface area contributed by atoms with Gasteiger partial charge in [-0.25, -0.2) is 8.42 Å². The van der Waals surface area contributed by atoms with E-state index in [1.54, 1.807) is 49.8 Å². The lowest BCUT2D eigenvalue weighted by Crippen LogP contribution is -2.27. The number of anilines is 2. The maximum atomic E-state index is 12.7. The summed E-state index contributed by atoms with van der Waals surface area (Å²) in [6.07, 6.45) is 3.04. The van der Waals surface area contributed by atoms with Crippen LogP contribution >= 0.6 is 0 Å². The highest BCUT2D eigenvalue weighted by Crippen LogP contribution is 2.32. The van der Waals surface area contributed by atoms with E-state index in [2.05, 4.69) is 21.5 Å². The lowest BCUT2D eigenvalue weighted by atomic mass is 9.97. The third kappa shape index (κ3) is 4.26. The van der Waals surface area contributed by atoms with E-state index in [1.807, 2.05) is 0 Å². The molecule has 9 nitrogen and oxygen atoms in total. The van der Waals surface area contributed by atoms with Gasteiger partial charge in [0.15, 0.2) is 15.7 Å². The lowest BCUT2D eigenvalue weighted by Gasteiger charge is -2.20. The normalized spacial score (nSPS) is 19.7. The summed E-state index contributed by atoms with van der Waals surface area (Å²) in [7, 11) is -3.48. The number of ether oxygens (including phenoxy) is 1. The van der Waals surface area contributed by atoms with Gasteiger partial charge in [-0.3, -0.25) is 9.48 Å². The van der Waals surface area contributed by atoms with Crippen LogP contribution in [-0.4, -0.2) is 41.1 Å². The topological polar surface area (TPSA) is 130 Å². The van der Waals surface area contributed by atoms with Crippen molar-refractivity contribution in [3.05, 3.63) is 46.9 Å². The van der Waals surface area contributed by atoms with Gasteiger partial charge < -0.3 is 15.0 Å². The molecule has 174 valence electrons. The Morgan fingerprint density at radius 2 is 1.97 bits per heavy atom. The van der Waals surface area contributed by atoms with Crippen molar-refractivity contribution in [2.45, 2.75) is 49.3 Å². The molecule has 33 heavy (non-hydrogen) atoms. The van der Waals surface area contributed by atoms with Gasteiger partial charge in [0.2, 0.25) is 0 Å². The minimum Gasteiger partial charge on any atom is -0.379 e. The zero-order valence-electron chi connectivity index (χ0n) is 18.8. The van der Waals surface area contributed by atoms with Crippen LogP contribution in [0.25, 0.3) is 10.9 Å². The van der Waals surface area contributed by atoms with Gasteiger partial charge in [-0.2, -0.15) is 10.4 Å². The molecule has 0 saturated carbocycles. The molecule has 0 amide bonds. The molecule has 1 unspecified atom stereocenters. The van der Waals surface area contributed by atoms with Crippen molar-refractivity contribution in [2.24, 2.45) is 5.92 Å². The van der Waals surface area contributed by atoms with Crippen LogP contribution in [0.5, 0.6) is 0 Å². The van der Waals surface area contributed by atoms with E-state index in [0.717, 1.165) is 6.42 Å². The number of nitrogens with zero attached hydrogens (tertiary/aromatic N) is 3. The van der Waals surface area contributed by atoms with Crippen molar-refractivity contribution < 1.29 is 13.2 Å². The molecule has 1 aliphatic rings. The quantitative estimate of drug-likeness (QED) is 0.598. The van der Waals surface area contributed by atoms with Crippen molar-refractivity contribution in [3.8, 4) is 6.07 Å². The number of fused-ring (bicyclic) bond motifs is 1. The number of hydrogen-bond donors (Lipinski definition) is 2. The average Bonchev–Trinajstić information content (AvgIpc) is 2.97. The van der Waals surface area contributed by atoms with Gasteiger partial charge in [0, 0.05) is 18.5 Å². The van der Waals surface area contributed by atoms with Crippen molar-refractivity contribution in [1.82, 2.24) is 14.8 Å². The van der Waals surface area contributed by atoms with Crippen LogP contribution < -0.4 is 10.9 Å². The number of aromatic amines is 1. The van der Waals surface area contributed by atoms with Crippen LogP contribution in [-0.2, 0) is 14.6 Å². The van der Waals surface area contributed by atoms with Crippen LogP contribution in [0.1, 0.15) is 39.7 Å². The van der Waals surface area contributed by atoms with E-state index < -0.39 is 14.6 Å². The Labute approximate surface area is 192 Å². The van der Waals surface area contributed by atoms with Crippen molar-refractivity contribution in [2.75, 3.05) is 18.5 Å². The fourth-order valence-electron chi connectivity index (χ4n) is 3.96. The van der Waals surface area contributed by atoms with Crippen molar-refractivity contribution in [1.29, 1.82) is 5.26 Å². The zero-order chi connectivity index (χ0) is 23.8. The van der Waals surface area contributed by atoms with Gasteiger partial charge >= 0.3 is 0 Å². The highest BCUT2D eigenvalue weighted by atomic mass is 32.2. The SMILES string of the molecule is CC(C)(C)S(=O)(=O)c1ccc(Nc2nn([C@@H]3COCCCC3C#N)c3cc[nH]c(=O)c23)cc1. The number of benzene rings is 1. The molecule has 1 aromatic carbocycles. The molecule has 4 rings (SSSR count). The number of pyridine rings is 1. The number of nitriles is 1. The van der Waals surface area contributed by atoms with Gasteiger partial charge in [0.1, 0.15) is 5.39 Å². The lowest BCUT2D eigenvalue weighted by molar-refractivity contribution is 0.110. The van der Waals surface area contributed by atoms with Gasteiger partial charge in [0.25, 0.3) is 5.56 Å². The smallest absolute Gasteiger partial charge is 0.261 e. The van der Waals surface area contributed by atoms with Crippen LogP contribution in [0.4, 0.5) is 11.5 Å². The Bertz CT molecular complexity index is 1360. The molecule has 3 heterocycles. The van der Waals surface area contributed by atoms with E-state index in [1.165, 1.54) is 12.1 Å².